The molecule has 2 N–H and O–H groups in total. The third kappa shape index (κ3) is 3.77. The van der Waals surface area contributed by atoms with Crippen molar-refractivity contribution in [3.8, 4) is 0 Å². The number of anilines is 3. The van der Waals surface area contributed by atoms with E-state index in [-0.39, 0.29) is 17.2 Å². The molecule has 1 aromatic heterocycles. The number of para-hydroxylation sites is 1. The molecular formula is C17H10F4N4O. The van der Waals surface area contributed by atoms with E-state index in [1.165, 1.54) is 12.1 Å². The summed E-state index contributed by atoms with van der Waals surface area (Å²) >= 11 is 0. The minimum absolute atomic E-state index is 0.157. The molecule has 0 aliphatic rings. The van der Waals surface area contributed by atoms with Gasteiger partial charge in [-0.1, -0.05) is 6.07 Å². The van der Waals surface area contributed by atoms with Crippen molar-refractivity contribution in [1.29, 1.82) is 0 Å². The third-order valence-electron chi connectivity index (χ3n) is 3.28. The summed E-state index contributed by atoms with van der Waals surface area (Å²) < 4.78 is 53.1. The fraction of sp³-hybridized carbons (Fsp3) is 0. The number of halogens is 4. The summed E-state index contributed by atoms with van der Waals surface area (Å²) in [6.45, 7) is 0. The predicted molar refractivity (Wildman–Crippen MR) is 86.0 cm³/mol. The van der Waals surface area contributed by atoms with Gasteiger partial charge in [0, 0.05) is 11.8 Å². The number of benzene rings is 2. The maximum absolute atomic E-state index is 13.5. The van der Waals surface area contributed by atoms with Crippen molar-refractivity contribution >= 4 is 23.1 Å². The van der Waals surface area contributed by atoms with Crippen LogP contribution in [0.5, 0.6) is 0 Å². The van der Waals surface area contributed by atoms with E-state index in [0.29, 0.717) is 0 Å². The maximum Gasteiger partial charge on any atom is 0.276 e. The molecule has 0 spiro atoms. The first kappa shape index (κ1) is 17.3. The van der Waals surface area contributed by atoms with Crippen LogP contribution in [0.1, 0.15) is 10.5 Å². The fourth-order valence-electron chi connectivity index (χ4n) is 2.03. The Bertz CT molecular complexity index is 943. The van der Waals surface area contributed by atoms with Gasteiger partial charge in [0.1, 0.15) is 28.8 Å². The van der Waals surface area contributed by atoms with Crippen LogP contribution in [0.4, 0.5) is 34.8 Å². The molecule has 0 saturated carbocycles. The molecule has 2 aromatic carbocycles. The van der Waals surface area contributed by atoms with Crippen molar-refractivity contribution in [1.82, 2.24) is 9.97 Å². The Morgan fingerprint density at radius 3 is 2.19 bits per heavy atom. The molecule has 0 aliphatic carbocycles. The average molecular weight is 362 g/mol. The molecule has 3 aromatic rings. The highest BCUT2D eigenvalue weighted by molar-refractivity contribution is 6.02. The molecule has 0 fully saturated rings. The largest absolute Gasteiger partial charge is 0.339 e. The van der Waals surface area contributed by atoms with Crippen LogP contribution in [0, 0.1) is 23.3 Å². The van der Waals surface area contributed by atoms with E-state index >= 15 is 0 Å². The van der Waals surface area contributed by atoms with Crippen molar-refractivity contribution < 1.29 is 22.4 Å². The van der Waals surface area contributed by atoms with Gasteiger partial charge in [-0.15, -0.1) is 0 Å². The van der Waals surface area contributed by atoms with Crippen LogP contribution in [-0.4, -0.2) is 15.9 Å². The van der Waals surface area contributed by atoms with Crippen LogP contribution in [0.2, 0.25) is 0 Å². The third-order valence-corrected chi connectivity index (χ3v) is 3.28. The molecule has 3 rings (SSSR count). The Labute approximate surface area is 144 Å². The van der Waals surface area contributed by atoms with Crippen molar-refractivity contribution in [3.63, 3.8) is 0 Å². The molecule has 9 heteroatoms. The lowest BCUT2D eigenvalue weighted by atomic mass is 10.2. The monoisotopic (exact) mass is 362 g/mol. The van der Waals surface area contributed by atoms with Gasteiger partial charge in [-0.2, -0.15) is 0 Å². The number of hydrogen-bond acceptors (Lipinski definition) is 4. The van der Waals surface area contributed by atoms with Gasteiger partial charge in [0.05, 0.1) is 12.4 Å². The molecular weight excluding hydrogens is 352 g/mol. The summed E-state index contributed by atoms with van der Waals surface area (Å²) in [5.41, 5.74) is -0.560. The standard InChI is InChI=1S/C17H10F4N4O/c18-10-5-4-9(6-13(10)21)24-15-8-22-14(7-23-15)17(26)25-16-11(19)2-1-3-12(16)20/h1-8H,(H,23,24)(H,25,26). The lowest BCUT2D eigenvalue weighted by Crippen LogP contribution is -2.16. The zero-order valence-corrected chi connectivity index (χ0v) is 12.9. The van der Waals surface area contributed by atoms with Gasteiger partial charge < -0.3 is 10.6 Å². The molecule has 0 radical (unpaired) electrons. The number of carbonyl (C=O) groups excluding carboxylic acids is 1. The van der Waals surface area contributed by atoms with Crippen LogP contribution in [0.3, 0.4) is 0 Å². The van der Waals surface area contributed by atoms with Crippen molar-refractivity contribution in [3.05, 3.63) is 77.8 Å². The normalized spacial score (nSPS) is 10.5. The number of carbonyl (C=O) groups is 1. The number of amides is 1. The molecule has 0 unspecified atom stereocenters. The maximum atomic E-state index is 13.5. The molecule has 0 atom stereocenters. The molecule has 5 nitrogen and oxygen atoms in total. The quantitative estimate of drug-likeness (QED) is 0.688. The molecule has 0 bridgehead atoms. The number of nitrogens with one attached hydrogen (secondary N) is 2. The van der Waals surface area contributed by atoms with E-state index in [4.69, 9.17) is 0 Å². The van der Waals surface area contributed by atoms with Gasteiger partial charge in [-0.05, 0) is 24.3 Å². The van der Waals surface area contributed by atoms with Crippen LogP contribution in [0.15, 0.2) is 48.8 Å². The number of hydrogen-bond donors (Lipinski definition) is 2. The second-order valence-corrected chi connectivity index (χ2v) is 5.09. The van der Waals surface area contributed by atoms with Crippen molar-refractivity contribution in [2.24, 2.45) is 0 Å². The second-order valence-electron chi connectivity index (χ2n) is 5.09. The molecule has 0 saturated heterocycles. The fourth-order valence-corrected chi connectivity index (χ4v) is 2.03. The second kappa shape index (κ2) is 7.18. The Kier molecular flexibility index (Phi) is 4.78. The summed E-state index contributed by atoms with van der Waals surface area (Å²) in [6, 6.07) is 6.33. The molecule has 1 amide bonds. The van der Waals surface area contributed by atoms with Crippen molar-refractivity contribution in [2.75, 3.05) is 10.6 Å². The van der Waals surface area contributed by atoms with Crippen LogP contribution in [-0.2, 0) is 0 Å². The summed E-state index contributed by atoms with van der Waals surface area (Å²) in [7, 11) is 0. The zero-order valence-electron chi connectivity index (χ0n) is 12.9. The minimum Gasteiger partial charge on any atom is -0.339 e. The van der Waals surface area contributed by atoms with E-state index in [1.807, 2.05) is 0 Å². The van der Waals surface area contributed by atoms with E-state index in [1.54, 1.807) is 0 Å². The lowest BCUT2D eigenvalue weighted by Gasteiger charge is -2.08. The Morgan fingerprint density at radius 2 is 1.58 bits per heavy atom. The summed E-state index contributed by atoms with van der Waals surface area (Å²) in [5.74, 6) is -4.59. The highest BCUT2D eigenvalue weighted by Crippen LogP contribution is 2.19. The SMILES string of the molecule is O=C(Nc1c(F)cccc1F)c1cnc(Nc2ccc(F)c(F)c2)cn1. The highest BCUT2D eigenvalue weighted by atomic mass is 19.2. The van der Waals surface area contributed by atoms with E-state index in [2.05, 4.69) is 20.6 Å². The van der Waals surface area contributed by atoms with Crippen LogP contribution < -0.4 is 10.6 Å². The summed E-state index contributed by atoms with van der Waals surface area (Å²) in [5, 5.41) is 4.75. The van der Waals surface area contributed by atoms with Crippen LogP contribution in [0.25, 0.3) is 0 Å². The van der Waals surface area contributed by atoms with E-state index in [9.17, 15) is 22.4 Å². The van der Waals surface area contributed by atoms with Gasteiger partial charge in [0.25, 0.3) is 5.91 Å². The number of rotatable bonds is 4. The Balaban J connectivity index is 1.72. The number of aromatic nitrogens is 2. The van der Waals surface area contributed by atoms with Gasteiger partial charge >= 0.3 is 0 Å². The molecule has 1 heterocycles. The first-order chi connectivity index (χ1) is 12.4. The van der Waals surface area contributed by atoms with Gasteiger partial charge in [0.2, 0.25) is 0 Å². The predicted octanol–water partition coefficient (Wildman–Crippen LogP) is 4.03. The molecule has 132 valence electrons. The Hall–Kier alpha value is -3.49. The first-order valence-corrected chi connectivity index (χ1v) is 7.23. The number of nitrogens with zero attached hydrogens (tertiary/aromatic N) is 2. The van der Waals surface area contributed by atoms with Gasteiger partial charge in [0.15, 0.2) is 11.6 Å². The minimum atomic E-state index is -1.04. The van der Waals surface area contributed by atoms with E-state index < -0.39 is 34.9 Å². The average Bonchev–Trinajstić information content (AvgIpc) is 2.62. The van der Waals surface area contributed by atoms with Gasteiger partial charge in [-0.3, -0.25) is 4.79 Å². The summed E-state index contributed by atoms with van der Waals surface area (Å²) in [4.78, 5) is 19.7. The summed E-state index contributed by atoms with van der Waals surface area (Å²) in [6.07, 6.45) is 2.23. The molecule has 0 aliphatic heterocycles. The molecule has 26 heavy (non-hydrogen) atoms. The van der Waals surface area contributed by atoms with Crippen molar-refractivity contribution in [2.45, 2.75) is 0 Å². The highest BCUT2D eigenvalue weighted by Gasteiger charge is 2.15. The smallest absolute Gasteiger partial charge is 0.276 e. The lowest BCUT2D eigenvalue weighted by molar-refractivity contribution is 0.102. The topological polar surface area (TPSA) is 66.9 Å². The zero-order chi connectivity index (χ0) is 18.7. The first-order valence-electron chi connectivity index (χ1n) is 7.23. The van der Waals surface area contributed by atoms with E-state index in [0.717, 1.165) is 36.7 Å². The Morgan fingerprint density at radius 1 is 0.846 bits per heavy atom. The van der Waals surface area contributed by atoms with Gasteiger partial charge in [-0.25, -0.2) is 27.5 Å². The van der Waals surface area contributed by atoms with Crippen LogP contribution >= 0.6 is 0 Å².